The lowest BCUT2D eigenvalue weighted by molar-refractivity contribution is -0.119. The summed E-state index contributed by atoms with van der Waals surface area (Å²) in [5.74, 6) is -0.857. The van der Waals surface area contributed by atoms with Crippen LogP contribution in [0.5, 0.6) is 0 Å². The number of carbonyl (C=O) groups excluding carboxylic acids is 1. The van der Waals surface area contributed by atoms with E-state index in [4.69, 9.17) is 0 Å². The van der Waals surface area contributed by atoms with Gasteiger partial charge >= 0.3 is 0 Å². The Bertz CT molecular complexity index is 863. The van der Waals surface area contributed by atoms with Gasteiger partial charge in [0.05, 0.1) is 0 Å². The SMILES string of the molecule is CN(C(=O)Cn1nnc(-c2cccc(F)c2)n1)c1ccc(F)cc1. The molecule has 0 aliphatic carbocycles. The number of aromatic nitrogens is 4. The molecule has 1 aromatic heterocycles. The van der Waals surface area contributed by atoms with Crippen molar-refractivity contribution in [3.8, 4) is 11.4 Å². The molecule has 0 fully saturated rings. The van der Waals surface area contributed by atoms with Crippen molar-refractivity contribution in [2.75, 3.05) is 11.9 Å². The fourth-order valence-electron chi connectivity index (χ4n) is 2.09. The van der Waals surface area contributed by atoms with E-state index in [0.717, 1.165) is 4.80 Å². The Hall–Kier alpha value is -3.16. The van der Waals surface area contributed by atoms with Crippen LogP contribution < -0.4 is 4.90 Å². The minimum atomic E-state index is -0.407. The highest BCUT2D eigenvalue weighted by Crippen LogP contribution is 2.15. The van der Waals surface area contributed by atoms with E-state index < -0.39 is 5.82 Å². The number of benzene rings is 2. The molecule has 8 heteroatoms. The monoisotopic (exact) mass is 329 g/mol. The summed E-state index contributed by atoms with van der Waals surface area (Å²) in [6.07, 6.45) is 0. The van der Waals surface area contributed by atoms with E-state index in [1.807, 2.05) is 0 Å². The lowest BCUT2D eigenvalue weighted by Gasteiger charge is -2.16. The van der Waals surface area contributed by atoms with Gasteiger partial charge in [-0.05, 0) is 41.6 Å². The Balaban J connectivity index is 1.72. The molecule has 2 aromatic carbocycles. The molecule has 0 radical (unpaired) electrons. The van der Waals surface area contributed by atoms with Crippen LogP contribution in [-0.2, 0) is 11.3 Å². The van der Waals surface area contributed by atoms with Crippen molar-refractivity contribution in [1.82, 2.24) is 20.2 Å². The maximum Gasteiger partial charge on any atom is 0.250 e. The first-order valence-electron chi connectivity index (χ1n) is 7.09. The van der Waals surface area contributed by atoms with E-state index >= 15 is 0 Å². The Morgan fingerprint density at radius 2 is 1.88 bits per heavy atom. The van der Waals surface area contributed by atoms with E-state index in [-0.39, 0.29) is 24.1 Å². The number of hydrogen-bond acceptors (Lipinski definition) is 4. The number of likely N-dealkylation sites (N-methyl/N-ethyl adjacent to an activating group) is 1. The summed E-state index contributed by atoms with van der Waals surface area (Å²) in [7, 11) is 1.57. The summed E-state index contributed by atoms with van der Waals surface area (Å²) in [4.78, 5) is 14.7. The molecule has 0 atom stereocenters. The molecule has 0 N–H and O–H groups in total. The van der Waals surface area contributed by atoms with Gasteiger partial charge in [0.15, 0.2) is 0 Å². The van der Waals surface area contributed by atoms with Crippen molar-refractivity contribution in [3.63, 3.8) is 0 Å². The minimum absolute atomic E-state index is 0.143. The largest absolute Gasteiger partial charge is 0.314 e. The van der Waals surface area contributed by atoms with Crippen molar-refractivity contribution in [3.05, 3.63) is 60.2 Å². The van der Waals surface area contributed by atoms with Crippen LogP contribution in [0.15, 0.2) is 48.5 Å². The third-order valence-corrected chi connectivity index (χ3v) is 3.40. The Labute approximate surface area is 136 Å². The standard InChI is InChI=1S/C16H13F2N5O/c1-22(14-7-5-12(17)6-8-14)15(24)10-23-20-16(19-21-23)11-3-2-4-13(18)9-11/h2-9H,10H2,1H3. The smallest absolute Gasteiger partial charge is 0.250 e. The second-order valence-electron chi connectivity index (χ2n) is 5.08. The maximum atomic E-state index is 13.2. The number of nitrogens with zero attached hydrogens (tertiary/aromatic N) is 5. The van der Waals surface area contributed by atoms with Gasteiger partial charge in [0, 0.05) is 18.3 Å². The molecule has 1 heterocycles. The fourth-order valence-corrected chi connectivity index (χ4v) is 2.09. The highest BCUT2D eigenvalue weighted by Gasteiger charge is 2.14. The minimum Gasteiger partial charge on any atom is -0.314 e. The number of hydrogen-bond donors (Lipinski definition) is 0. The van der Waals surface area contributed by atoms with Crippen molar-refractivity contribution in [1.29, 1.82) is 0 Å². The molecule has 0 spiro atoms. The van der Waals surface area contributed by atoms with Gasteiger partial charge in [-0.1, -0.05) is 12.1 Å². The Morgan fingerprint density at radius 3 is 2.58 bits per heavy atom. The van der Waals surface area contributed by atoms with Gasteiger partial charge < -0.3 is 4.90 Å². The third kappa shape index (κ3) is 3.43. The number of anilines is 1. The molecule has 1 amide bonds. The summed E-state index contributed by atoms with van der Waals surface area (Å²) in [5, 5.41) is 11.7. The predicted molar refractivity (Wildman–Crippen MR) is 83.0 cm³/mol. The van der Waals surface area contributed by atoms with Crippen LogP contribution in [0.1, 0.15) is 0 Å². The molecule has 0 aliphatic heterocycles. The molecule has 0 aliphatic rings. The van der Waals surface area contributed by atoms with Crippen LogP contribution in [0.2, 0.25) is 0 Å². The zero-order valence-corrected chi connectivity index (χ0v) is 12.7. The summed E-state index contributed by atoms with van der Waals surface area (Å²) < 4.78 is 26.1. The normalized spacial score (nSPS) is 10.6. The van der Waals surface area contributed by atoms with Gasteiger partial charge in [0.1, 0.15) is 18.2 Å². The molecule has 0 unspecified atom stereocenters. The van der Waals surface area contributed by atoms with Crippen LogP contribution in [0, 0.1) is 11.6 Å². The van der Waals surface area contributed by atoms with Gasteiger partial charge in [0.25, 0.3) is 0 Å². The molecule has 0 bridgehead atoms. The first-order chi connectivity index (χ1) is 11.5. The van der Waals surface area contributed by atoms with Gasteiger partial charge in [-0.2, -0.15) is 4.80 Å². The number of halogens is 2. The zero-order valence-electron chi connectivity index (χ0n) is 12.7. The molecular weight excluding hydrogens is 316 g/mol. The first kappa shape index (κ1) is 15.7. The van der Waals surface area contributed by atoms with Gasteiger partial charge in [-0.15, -0.1) is 10.2 Å². The number of carbonyl (C=O) groups is 1. The second kappa shape index (κ2) is 6.53. The van der Waals surface area contributed by atoms with Crippen LogP contribution in [0.4, 0.5) is 14.5 Å². The predicted octanol–water partition coefficient (Wildman–Crippen LogP) is 2.28. The molecule has 122 valence electrons. The summed E-state index contributed by atoms with van der Waals surface area (Å²) >= 11 is 0. The number of tetrazole rings is 1. The fraction of sp³-hybridized carbons (Fsp3) is 0.125. The Kier molecular flexibility index (Phi) is 4.28. The van der Waals surface area contributed by atoms with Crippen molar-refractivity contribution < 1.29 is 13.6 Å². The molecule has 24 heavy (non-hydrogen) atoms. The first-order valence-corrected chi connectivity index (χ1v) is 7.09. The lowest BCUT2D eigenvalue weighted by atomic mass is 10.2. The van der Waals surface area contributed by atoms with E-state index in [1.165, 1.54) is 41.3 Å². The van der Waals surface area contributed by atoms with E-state index in [2.05, 4.69) is 15.4 Å². The van der Waals surface area contributed by atoms with Crippen LogP contribution in [0.3, 0.4) is 0 Å². The summed E-state index contributed by atoms with van der Waals surface area (Å²) in [6, 6.07) is 11.3. The topological polar surface area (TPSA) is 63.9 Å². The average molecular weight is 329 g/mol. The quantitative estimate of drug-likeness (QED) is 0.737. The van der Waals surface area contributed by atoms with Crippen LogP contribution in [0.25, 0.3) is 11.4 Å². The highest BCUT2D eigenvalue weighted by atomic mass is 19.1. The molecular formula is C16H13F2N5O. The lowest BCUT2D eigenvalue weighted by Crippen LogP contribution is -2.30. The molecule has 3 rings (SSSR count). The maximum absolute atomic E-state index is 13.2. The number of amides is 1. The van der Waals surface area contributed by atoms with Gasteiger partial charge in [-0.25, -0.2) is 8.78 Å². The zero-order chi connectivity index (χ0) is 17.1. The Morgan fingerprint density at radius 1 is 1.12 bits per heavy atom. The van der Waals surface area contributed by atoms with E-state index in [0.29, 0.717) is 11.3 Å². The summed E-state index contributed by atoms with van der Waals surface area (Å²) in [5.41, 5.74) is 1.02. The van der Waals surface area contributed by atoms with Crippen molar-refractivity contribution in [2.24, 2.45) is 0 Å². The van der Waals surface area contributed by atoms with Crippen molar-refractivity contribution in [2.45, 2.75) is 6.54 Å². The molecule has 6 nitrogen and oxygen atoms in total. The summed E-state index contributed by atoms with van der Waals surface area (Å²) in [6.45, 7) is -0.143. The third-order valence-electron chi connectivity index (χ3n) is 3.40. The van der Waals surface area contributed by atoms with Crippen LogP contribution >= 0.6 is 0 Å². The van der Waals surface area contributed by atoms with E-state index in [9.17, 15) is 13.6 Å². The van der Waals surface area contributed by atoms with Gasteiger partial charge in [0.2, 0.25) is 11.7 Å². The molecule has 3 aromatic rings. The second-order valence-corrected chi connectivity index (χ2v) is 5.08. The van der Waals surface area contributed by atoms with E-state index in [1.54, 1.807) is 19.2 Å². The van der Waals surface area contributed by atoms with Gasteiger partial charge in [-0.3, -0.25) is 4.79 Å². The average Bonchev–Trinajstić information content (AvgIpc) is 3.03. The molecule has 0 saturated heterocycles. The van der Waals surface area contributed by atoms with Crippen molar-refractivity contribution >= 4 is 11.6 Å². The highest BCUT2D eigenvalue weighted by molar-refractivity contribution is 5.92. The molecule has 0 saturated carbocycles. The number of rotatable bonds is 4. The van der Waals surface area contributed by atoms with Crippen LogP contribution in [-0.4, -0.2) is 33.2 Å².